The second kappa shape index (κ2) is 21.8. The molecule has 3 atom stereocenters. The van der Waals surface area contributed by atoms with Crippen LogP contribution in [0, 0.1) is 0 Å². The zero-order valence-electron chi connectivity index (χ0n) is 28.4. The van der Waals surface area contributed by atoms with Crippen LogP contribution in [-0.4, -0.2) is 48.0 Å². The van der Waals surface area contributed by atoms with E-state index in [-0.39, 0.29) is 46.2 Å². The molecule has 0 saturated heterocycles. The van der Waals surface area contributed by atoms with Crippen LogP contribution < -0.4 is 0 Å². The van der Waals surface area contributed by atoms with Gasteiger partial charge in [0.2, 0.25) is 6.41 Å². The van der Waals surface area contributed by atoms with E-state index in [9.17, 15) is 9.90 Å². The highest BCUT2D eigenvalue weighted by atomic mass is 31.2. The summed E-state index contributed by atoms with van der Waals surface area (Å²) in [6.07, 6.45) is -2.49. The van der Waals surface area contributed by atoms with Gasteiger partial charge in [-0.3, -0.25) is 9.63 Å². The number of hydrogen-bond acceptors (Lipinski definition) is 8. The smallest absolute Gasteiger partial charge is 0.333 e. The maximum absolute atomic E-state index is 12.2. The lowest BCUT2D eigenvalue weighted by Gasteiger charge is -2.32. The molecule has 0 aromatic heterocycles. The van der Waals surface area contributed by atoms with Gasteiger partial charge in [0.15, 0.2) is 0 Å². The van der Waals surface area contributed by atoms with Gasteiger partial charge in [-0.25, -0.2) is 5.06 Å². The van der Waals surface area contributed by atoms with Crippen molar-refractivity contribution in [2.45, 2.75) is 51.3 Å². The normalized spacial score (nSPS) is 13.1. The summed E-state index contributed by atoms with van der Waals surface area (Å²) in [5.74, 6) is 0. The van der Waals surface area contributed by atoms with Crippen LogP contribution in [0.15, 0.2) is 152 Å². The predicted octanol–water partition coefficient (Wildman–Crippen LogP) is 7.79. The second-order valence-electron chi connectivity index (χ2n) is 11.7. The van der Waals surface area contributed by atoms with Crippen LogP contribution in [0.4, 0.5) is 0 Å². The number of hydrogen-bond donors (Lipinski definition) is 1. The molecule has 51 heavy (non-hydrogen) atoms. The monoisotopic (exact) mass is 709 g/mol. The SMILES string of the molecule is O=CN(C[C@H](OCc1ccccc1)[C@H](O)C(COP(OCc1ccccc1)OCc1ccccc1)OCc1ccccc1)OCc1ccccc1. The molecule has 0 spiro atoms. The summed E-state index contributed by atoms with van der Waals surface area (Å²) < 4.78 is 31.2. The van der Waals surface area contributed by atoms with E-state index in [1.165, 1.54) is 0 Å². The van der Waals surface area contributed by atoms with Crippen LogP contribution in [0.5, 0.6) is 0 Å². The molecular formula is C41H44NO8P. The van der Waals surface area contributed by atoms with Crippen LogP contribution in [0.25, 0.3) is 0 Å². The number of hydroxylamine groups is 2. The molecular weight excluding hydrogens is 665 g/mol. The van der Waals surface area contributed by atoms with Gasteiger partial charge in [0, 0.05) is 0 Å². The van der Waals surface area contributed by atoms with E-state index in [0.717, 1.165) is 32.9 Å². The first kappa shape index (κ1) is 38.0. The summed E-state index contributed by atoms with van der Waals surface area (Å²) in [6, 6.07) is 48.3. The molecule has 266 valence electrons. The van der Waals surface area contributed by atoms with Crippen molar-refractivity contribution in [3.8, 4) is 0 Å². The van der Waals surface area contributed by atoms with Gasteiger partial charge in [0.1, 0.15) is 24.9 Å². The van der Waals surface area contributed by atoms with E-state index in [4.69, 9.17) is 27.9 Å². The molecule has 5 aromatic rings. The van der Waals surface area contributed by atoms with Gasteiger partial charge in [-0.05, 0) is 27.8 Å². The number of ether oxygens (including phenoxy) is 2. The molecule has 1 unspecified atom stereocenters. The Morgan fingerprint density at radius 1 is 0.510 bits per heavy atom. The molecule has 9 nitrogen and oxygen atoms in total. The fourth-order valence-corrected chi connectivity index (χ4v) is 5.98. The molecule has 0 aliphatic heterocycles. The molecule has 0 aliphatic rings. The molecule has 5 rings (SSSR count). The fraction of sp³-hybridized carbons (Fsp3) is 0.244. The van der Waals surface area contributed by atoms with E-state index < -0.39 is 26.9 Å². The van der Waals surface area contributed by atoms with Gasteiger partial charge >= 0.3 is 8.60 Å². The van der Waals surface area contributed by atoms with Gasteiger partial charge < -0.3 is 28.2 Å². The summed E-state index contributed by atoms with van der Waals surface area (Å²) in [4.78, 5) is 18.0. The molecule has 0 bridgehead atoms. The average molecular weight is 710 g/mol. The highest BCUT2D eigenvalue weighted by Gasteiger charge is 2.33. The Morgan fingerprint density at radius 3 is 1.29 bits per heavy atom. The van der Waals surface area contributed by atoms with E-state index in [2.05, 4.69) is 0 Å². The molecule has 0 heterocycles. The molecule has 10 heteroatoms. The minimum atomic E-state index is -1.87. The standard InChI is InChI=1S/C41H44NO8P/c43-33-42(47-29-36-20-10-3-11-21-36)26-39(45-27-34-16-6-1-7-17-34)41(44)40(46-28-35-18-8-2-9-19-35)32-50-51(48-30-37-22-12-4-13-23-37)49-31-38-24-14-5-15-25-38/h1-25,33,39-41,44H,26-32H2/t39-,40?,41-/m0/s1. The summed E-state index contributed by atoms with van der Waals surface area (Å²) in [6.45, 7) is 0.949. The summed E-state index contributed by atoms with van der Waals surface area (Å²) in [5, 5.41) is 13.1. The Kier molecular flexibility index (Phi) is 16.2. The third-order valence-electron chi connectivity index (χ3n) is 7.80. The number of aliphatic hydroxyl groups is 1. The summed E-state index contributed by atoms with van der Waals surface area (Å²) in [5.41, 5.74) is 4.64. The number of benzene rings is 5. The highest BCUT2D eigenvalue weighted by Crippen LogP contribution is 2.42. The molecule has 1 amide bonds. The lowest BCUT2D eigenvalue weighted by molar-refractivity contribution is -0.202. The van der Waals surface area contributed by atoms with Crippen molar-refractivity contribution in [2.24, 2.45) is 0 Å². The van der Waals surface area contributed by atoms with Crippen molar-refractivity contribution >= 4 is 15.0 Å². The zero-order chi connectivity index (χ0) is 35.4. The van der Waals surface area contributed by atoms with E-state index in [1.54, 1.807) is 0 Å². The number of carbonyl (C=O) groups is 1. The van der Waals surface area contributed by atoms with Crippen LogP contribution >= 0.6 is 8.60 Å². The van der Waals surface area contributed by atoms with Gasteiger partial charge in [0.25, 0.3) is 0 Å². The average Bonchev–Trinajstić information content (AvgIpc) is 3.20. The van der Waals surface area contributed by atoms with Crippen molar-refractivity contribution in [3.05, 3.63) is 179 Å². The fourth-order valence-electron chi connectivity index (χ4n) is 4.98. The van der Waals surface area contributed by atoms with E-state index >= 15 is 0 Å². The first-order valence-electron chi connectivity index (χ1n) is 16.8. The minimum absolute atomic E-state index is 0.0701. The molecule has 0 saturated carbocycles. The van der Waals surface area contributed by atoms with Gasteiger partial charge in [-0.15, -0.1) is 0 Å². The van der Waals surface area contributed by atoms with Crippen LogP contribution in [-0.2, 0) is 65.7 Å². The number of rotatable bonds is 23. The van der Waals surface area contributed by atoms with Crippen molar-refractivity contribution in [2.75, 3.05) is 13.2 Å². The van der Waals surface area contributed by atoms with Crippen molar-refractivity contribution in [1.29, 1.82) is 0 Å². The topological polar surface area (TPSA) is 95.9 Å². The van der Waals surface area contributed by atoms with Crippen LogP contribution in [0.2, 0.25) is 0 Å². The van der Waals surface area contributed by atoms with E-state index in [0.29, 0.717) is 6.41 Å². The van der Waals surface area contributed by atoms with Gasteiger partial charge in [0.05, 0.1) is 39.6 Å². The van der Waals surface area contributed by atoms with Crippen molar-refractivity contribution < 1.29 is 37.8 Å². The molecule has 0 fully saturated rings. The number of nitrogens with zero attached hydrogens (tertiary/aromatic N) is 1. The highest BCUT2D eigenvalue weighted by molar-refractivity contribution is 7.41. The molecule has 1 N–H and O–H groups in total. The van der Waals surface area contributed by atoms with Crippen molar-refractivity contribution in [3.63, 3.8) is 0 Å². The summed E-state index contributed by atoms with van der Waals surface area (Å²) in [7, 11) is -1.87. The lowest BCUT2D eigenvalue weighted by atomic mass is 10.1. The Hall–Kier alpha value is -4.28. The number of aliphatic hydroxyl groups excluding tert-OH is 1. The largest absolute Gasteiger partial charge is 0.388 e. The Labute approximate surface area is 301 Å². The zero-order valence-corrected chi connectivity index (χ0v) is 29.3. The summed E-state index contributed by atoms with van der Waals surface area (Å²) >= 11 is 0. The first-order valence-corrected chi connectivity index (χ1v) is 17.9. The number of carbonyl (C=O) groups excluding carboxylic acids is 1. The lowest BCUT2D eigenvalue weighted by Crippen LogP contribution is -2.48. The molecule has 5 aromatic carbocycles. The van der Waals surface area contributed by atoms with Gasteiger partial charge in [-0.2, -0.15) is 0 Å². The Balaban J connectivity index is 1.32. The Bertz CT molecular complexity index is 1590. The maximum Gasteiger partial charge on any atom is 0.333 e. The van der Waals surface area contributed by atoms with Gasteiger partial charge in [-0.1, -0.05) is 152 Å². The first-order chi connectivity index (χ1) is 25.2. The van der Waals surface area contributed by atoms with Crippen LogP contribution in [0.1, 0.15) is 27.8 Å². The van der Waals surface area contributed by atoms with Crippen LogP contribution in [0.3, 0.4) is 0 Å². The second-order valence-corrected chi connectivity index (χ2v) is 12.9. The molecule has 0 aliphatic carbocycles. The molecule has 0 radical (unpaired) electrons. The minimum Gasteiger partial charge on any atom is -0.388 e. The van der Waals surface area contributed by atoms with E-state index in [1.807, 2.05) is 152 Å². The Morgan fingerprint density at radius 2 is 0.882 bits per heavy atom. The van der Waals surface area contributed by atoms with Crippen molar-refractivity contribution in [1.82, 2.24) is 5.06 Å². The third-order valence-corrected chi connectivity index (χ3v) is 8.84. The quantitative estimate of drug-likeness (QED) is 0.0418. The maximum atomic E-state index is 12.2. The number of amides is 1. The third kappa shape index (κ3) is 13.8. The predicted molar refractivity (Wildman–Crippen MR) is 195 cm³/mol.